The maximum Gasteiger partial charge on any atom is 0.270 e. The minimum absolute atomic E-state index is 0.0351. The largest absolute Gasteiger partial charge is 0.507 e. The zero-order chi connectivity index (χ0) is 16.4. The zero-order valence-corrected chi connectivity index (χ0v) is 12.3. The Kier molecular flexibility index (Phi) is 3.96. The van der Waals surface area contributed by atoms with Crippen LogP contribution in [-0.2, 0) is 0 Å². The fraction of sp³-hybridized carbons (Fsp3) is 0.333. The molecule has 1 aromatic heterocycles. The topological polar surface area (TPSA) is 112 Å². The fourth-order valence-corrected chi connectivity index (χ4v) is 2.90. The van der Waals surface area contributed by atoms with Crippen molar-refractivity contribution in [3.63, 3.8) is 0 Å². The first-order chi connectivity index (χ1) is 11.1. The van der Waals surface area contributed by atoms with Crippen molar-refractivity contribution in [2.75, 3.05) is 13.1 Å². The van der Waals surface area contributed by atoms with Gasteiger partial charge in [-0.25, -0.2) is 0 Å². The highest BCUT2D eigenvalue weighted by Gasteiger charge is 2.28. The van der Waals surface area contributed by atoms with E-state index in [0.29, 0.717) is 13.1 Å². The molecule has 1 unspecified atom stereocenters. The maximum atomic E-state index is 12.6. The number of carbonyl (C=O) groups excluding carboxylic acids is 1. The predicted octanol–water partition coefficient (Wildman–Crippen LogP) is 2.04. The number of H-pyrrole nitrogens is 1. The van der Waals surface area contributed by atoms with E-state index in [1.54, 1.807) is 11.1 Å². The second-order valence-electron chi connectivity index (χ2n) is 5.58. The molecule has 8 nitrogen and oxygen atoms in total. The number of hydrogen-bond acceptors (Lipinski definition) is 5. The number of carbonyl (C=O) groups is 1. The Balaban J connectivity index is 1.82. The van der Waals surface area contributed by atoms with Crippen molar-refractivity contribution in [3.8, 4) is 5.75 Å². The standard InChI is InChI=1S/C15H16N4O4/c20-14-4-3-12(19(22)23)6-13(14)15(21)18-5-1-2-10(9-18)11-7-16-17-8-11/h3-4,6-8,10,20H,1-2,5,9H2,(H,16,17). The molecule has 1 aliphatic rings. The molecule has 2 heterocycles. The van der Waals surface area contributed by atoms with E-state index in [9.17, 15) is 20.0 Å². The number of non-ortho nitro benzene ring substituents is 1. The van der Waals surface area contributed by atoms with Crippen LogP contribution >= 0.6 is 0 Å². The van der Waals surface area contributed by atoms with Gasteiger partial charge in [0.05, 0.1) is 16.7 Å². The Bertz CT molecular complexity index is 729. The summed E-state index contributed by atoms with van der Waals surface area (Å²) in [7, 11) is 0. The van der Waals surface area contributed by atoms with Gasteiger partial charge in [-0.1, -0.05) is 0 Å². The number of aromatic nitrogens is 2. The average Bonchev–Trinajstić information content (AvgIpc) is 3.09. The van der Waals surface area contributed by atoms with Gasteiger partial charge in [0.2, 0.25) is 0 Å². The van der Waals surface area contributed by atoms with Crippen LogP contribution in [0.3, 0.4) is 0 Å². The van der Waals surface area contributed by atoms with Gasteiger partial charge in [-0.3, -0.25) is 20.0 Å². The Morgan fingerprint density at radius 3 is 3.00 bits per heavy atom. The zero-order valence-electron chi connectivity index (χ0n) is 12.3. The third-order valence-corrected chi connectivity index (χ3v) is 4.12. The monoisotopic (exact) mass is 316 g/mol. The summed E-state index contributed by atoms with van der Waals surface area (Å²) in [6.07, 6.45) is 5.33. The number of aromatic amines is 1. The summed E-state index contributed by atoms with van der Waals surface area (Å²) in [6.45, 7) is 1.07. The lowest BCUT2D eigenvalue weighted by molar-refractivity contribution is -0.384. The molecule has 23 heavy (non-hydrogen) atoms. The Morgan fingerprint density at radius 1 is 1.48 bits per heavy atom. The van der Waals surface area contributed by atoms with E-state index >= 15 is 0 Å². The third-order valence-electron chi connectivity index (χ3n) is 4.12. The summed E-state index contributed by atoms with van der Waals surface area (Å²) in [6, 6.07) is 3.48. The van der Waals surface area contributed by atoms with Crippen LogP contribution < -0.4 is 0 Å². The number of nitrogens with one attached hydrogen (secondary N) is 1. The number of hydrogen-bond donors (Lipinski definition) is 2. The minimum Gasteiger partial charge on any atom is -0.507 e. The molecular weight excluding hydrogens is 300 g/mol. The van der Waals surface area contributed by atoms with Crippen molar-refractivity contribution in [1.82, 2.24) is 15.1 Å². The lowest BCUT2D eigenvalue weighted by atomic mass is 9.92. The van der Waals surface area contributed by atoms with Gasteiger partial charge in [0, 0.05) is 37.3 Å². The molecule has 1 amide bonds. The lowest BCUT2D eigenvalue weighted by Gasteiger charge is -2.32. The molecule has 0 radical (unpaired) electrons. The normalized spacial score (nSPS) is 17.9. The molecule has 0 spiro atoms. The van der Waals surface area contributed by atoms with E-state index in [1.807, 2.05) is 6.20 Å². The smallest absolute Gasteiger partial charge is 0.270 e. The van der Waals surface area contributed by atoms with Crippen molar-refractivity contribution in [1.29, 1.82) is 0 Å². The quantitative estimate of drug-likeness (QED) is 0.664. The summed E-state index contributed by atoms with van der Waals surface area (Å²) in [5, 5.41) is 27.4. The number of nitro benzene ring substituents is 1. The molecule has 1 atom stereocenters. The number of aromatic hydroxyl groups is 1. The van der Waals surface area contributed by atoms with Crippen molar-refractivity contribution >= 4 is 11.6 Å². The second kappa shape index (κ2) is 6.07. The molecule has 1 fully saturated rings. The van der Waals surface area contributed by atoms with E-state index in [1.165, 1.54) is 12.1 Å². The molecule has 0 saturated carbocycles. The van der Waals surface area contributed by atoms with E-state index < -0.39 is 4.92 Å². The van der Waals surface area contributed by atoms with E-state index in [2.05, 4.69) is 10.2 Å². The molecule has 0 bridgehead atoms. The van der Waals surface area contributed by atoms with Crippen LogP contribution in [0.5, 0.6) is 5.75 Å². The molecule has 3 rings (SSSR count). The van der Waals surface area contributed by atoms with Crippen LogP contribution in [-0.4, -0.2) is 44.1 Å². The van der Waals surface area contributed by atoms with Crippen molar-refractivity contribution in [3.05, 3.63) is 51.8 Å². The summed E-state index contributed by atoms with van der Waals surface area (Å²) in [4.78, 5) is 24.5. The Hall–Kier alpha value is -2.90. The maximum absolute atomic E-state index is 12.6. The van der Waals surface area contributed by atoms with Crippen molar-refractivity contribution in [2.24, 2.45) is 0 Å². The molecule has 120 valence electrons. The predicted molar refractivity (Wildman–Crippen MR) is 81.2 cm³/mol. The van der Waals surface area contributed by atoms with Gasteiger partial charge in [-0.2, -0.15) is 5.10 Å². The first kappa shape index (κ1) is 15.0. The molecule has 1 aromatic carbocycles. The van der Waals surface area contributed by atoms with Crippen LogP contribution in [0.2, 0.25) is 0 Å². The molecule has 2 N–H and O–H groups in total. The first-order valence-electron chi connectivity index (χ1n) is 7.31. The van der Waals surface area contributed by atoms with E-state index in [0.717, 1.165) is 24.5 Å². The summed E-state index contributed by atoms with van der Waals surface area (Å²) >= 11 is 0. The average molecular weight is 316 g/mol. The summed E-state index contributed by atoms with van der Waals surface area (Å²) < 4.78 is 0. The molecule has 2 aromatic rings. The number of nitrogens with zero attached hydrogens (tertiary/aromatic N) is 3. The van der Waals surface area contributed by atoms with Crippen LogP contribution in [0.1, 0.15) is 34.7 Å². The van der Waals surface area contributed by atoms with E-state index in [-0.39, 0.29) is 28.8 Å². The number of likely N-dealkylation sites (tertiary alicyclic amines) is 1. The number of phenolic OH excluding ortho intramolecular Hbond substituents is 1. The van der Waals surface area contributed by atoms with E-state index in [4.69, 9.17) is 0 Å². The molecule has 8 heteroatoms. The number of amides is 1. The Morgan fingerprint density at radius 2 is 2.30 bits per heavy atom. The van der Waals surface area contributed by atoms with Gasteiger partial charge in [-0.15, -0.1) is 0 Å². The van der Waals surface area contributed by atoms with Gasteiger partial charge >= 0.3 is 0 Å². The molecule has 1 saturated heterocycles. The number of piperidine rings is 1. The van der Waals surface area contributed by atoms with Gasteiger partial charge in [0.15, 0.2) is 0 Å². The van der Waals surface area contributed by atoms with Crippen LogP contribution in [0.25, 0.3) is 0 Å². The number of phenols is 1. The number of nitro groups is 1. The fourth-order valence-electron chi connectivity index (χ4n) is 2.90. The van der Waals surface area contributed by atoms with Crippen molar-refractivity contribution < 1.29 is 14.8 Å². The minimum atomic E-state index is -0.583. The van der Waals surface area contributed by atoms with Gasteiger partial charge in [0.1, 0.15) is 5.75 Å². The van der Waals surface area contributed by atoms with Crippen LogP contribution in [0.4, 0.5) is 5.69 Å². The molecular formula is C15H16N4O4. The lowest BCUT2D eigenvalue weighted by Crippen LogP contribution is -2.39. The summed E-state index contributed by atoms with van der Waals surface area (Å²) in [5.74, 6) is -0.460. The molecule has 1 aliphatic heterocycles. The highest BCUT2D eigenvalue weighted by atomic mass is 16.6. The van der Waals surface area contributed by atoms with Gasteiger partial charge < -0.3 is 10.0 Å². The third kappa shape index (κ3) is 3.01. The Labute approximate surface area is 131 Å². The van der Waals surface area contributed by atoms with Gasteiger partial charge in [0.25, 0.3) is 11.6 Å². The summed E-state index contributed by atoms with van der Waals surface area (Å²) in [5.41, 5.74) is 0.785. The molecule has 0 aliphatic carbocycles. The first-order valence-corrected chi connectivity index (χ1v) is 7.31. The highest BCUT2D eigenvalue weighted by molar-refractivity contribution is 5.97. The number of benzene rings is 1. The van der Waals surface area contributed by atoms with Gasteiger partial charge in [-0.05, 0) is 24.5 Å². The van der Waals surface area contributed by atoms with Crippen LogP contribution in [0.15, 0.2) is 30.6 Å². The van der Waals surface area contributed by atoms with Crippen molar-refractivity contribution in [2.45, 2.75) is 18.8 Å². The second-order valence-corrected chi connectivity index (χ2v) is 5.58. The number of rotatable bonds is 3. The highest BCUT2D eigenvalue weighted by Crippen LogP contribution is 2.29. The van der Waals surface area contributed by atoms with Crippen LogP contribution in [0, 0.1) is 10.1 Å². The SMILES string of the molecule is O=C(c1cc([N+](=O)[O-])ccc1O)N1CCCC(c2cn[nH]c2)C1.